The van der Waals surface area contributed by atoms with Gasteiger partial charge in [-0.15, -0.1) is 0 Å². The molecule has 4 rings (SSSR count). The normalized spacial score (nSPS) is 15.1. The third-order valence-electron chi connectivity index (χ3n) is 5.56. The van der Waals surface area contributed by atoms with Gasteiger partial charge < -0.3 is 19.9 Å². The average molecular weight is 470 g/mol. The smallest absolute Gasteiger partial charge is 0.322 e. The van der Waals surface area contributed by atoms with E-state index in [0.29, 0.717) is 11.3 Å². The predicted octanol–water partition coefficient (Wildman–Crippen LogP) is 5.26. The Morgan fingerprint density at radius 3 is 2.59 bits per heavy atom. The zero-order valence-electron chi connectivity index (χ0n) is 18.4. The third-order valence-corrected chi connectivity index (χ3v) is 5.56. The van der Waals surface area contributed by atoms with Crippen LogP contribution in [0.4, 0.5) is 29.3 Å². The molecule has 0 bridgehead atoms. The molecule has 34 heavy (non-hydrogen) atoms. The Morgan fingerprint density at radius 2 is 1.91 bits per heavy atom. The van der Waals surface area contributed by atoms with Crippen LogP contribution in [0.5, 0.6) is 0 Å². The van der Waals surface area contributed by atoms with Gasteiger partial charge in [0.15, 0.2) is 11.6 Å². The number of nitrogens with zero attached hydrogens (tertiary/aromatic N) is 2. The molecule has 0 radical (unpaired) electrons. The second-order valence-corrected chi connectivity index (χ2v) is 8.44. The fraction of sp³-hybridized carbons (Fsp3) is 0.292. The Morgan fingerprint density at radius 1 is 1.21 bits per heavy atom. The minimum Gasteiger partial charge on any atom is -0.373 e. The van der Waals surface area contributed by atoms with Crippen molar-refractivity contribution in [3.63, 3.8) is 0 Å². The van der Waals surface area contributed by atoms with E-state index >= 15 is 0 Å². The maximum Gasteiger partial charge on any atom is 0.322 e. The van der Waals surface area contributed by atoms with E-state index in [4.69, 9.17) is 11.3 Å². The van der Waals surface area contributed by atoms with Gasteiger partial charge in [-0.1, -0.05) is 13.8 Å². The van der Waals surface area contributed by atoms with Crippen LogP contribution in [0.25, 0.3) is 15.6 Å². The van der Waals surface area contributed by atoms with E-state index in [2.05, 4.69) is 15.1 Å². The molecular weight excluding hydrogens is 449 g/mol. The lowest BCUT2D eigenvalue weighted by Gasteiger charge is -2.37. The van der Waals surface area contributed by atoms with Gasteiger partial charge in [-0.05, 0) is 41.6 Å². The number of H-pyrrole nitrogens is 1. The maximum absolute atomic E-state index is 14.2. The number of anilines is 1. The lowest BCUT2D eigenvalue weighted by molar-refractivity contribution is 0.0425. The molecule has 176 valence electrons. The minimum atomic E-state index is -1.15. The SMILES string of the molecule is [C-]#[N+]c1cc(NC(=O)N(CC(C)C)C2COCc3[nH]c(=O)c4cc(F)c(F)cc4c32)ccc1F. The number of ether oxygens (including phenoxy) is 1. The Bertz CT molecular complexity index is 1380. The standard InChI is InChI=1S/C24H21F3N4O3/c1-12(2)9-31(24(33)29-13-4-5-16(25)19(6-13)28-3)21-11-34-10-20-22(21)14-7-17(26)18(27)8-15(14)23(32)30-20/h4-8,12,21H,9-11H2,1-2H3,(H,29,33)(H,30,32). The first kappa shape index (κ1) is 23.3. The number of carbonyl (C=O) groups is 1. The van der Waals surface area contributed by atoms with Crippen molar-refractivity contribution in [2.24, 2.45) is 5.92 Å². The molecule has 1 unspecified atom stereocenters. The summed E-state index contributed by atoms with van der Waals surface area (Å²) in [6.45, 7) is 11.2. The van der Waals surface area contributed by atoms with Gasteiger partial charge in [0.05, 0.1) is 31.2 Å². The van der Waals surface area contributed by atoms with Gasteiger partial charge in [0.25, 0.3) is 5.56 Å². The van der Waals surface area contributed by atoms with E-state index in [1.807, 2.05) is 13.8 Å². The summed E-state index contributed by atoms with van der Waals surface area (Å²) in [4.78, 5) is 33.1. The quantitative estimate of drug-likeness (QED) is 0.511. The van der Waals surface area contributed by atoms with E-state index in [1.54, 1.807) is 0 Å². The van der Waals surface area contributed by atoms with Crippen LogP contribution in [-0.4, -0.2) is 29.1 Å². The van der Waals surface area contributed by atoms with Crippen molar-refractivity contribution in [1.82, 2.24) is 9.88 Å². The molecule has 2 amide bonds. The zero-order chi connectivity index (χ0) is 24.6. The number of rotatable bonds is 4. The van der Waals surface area contributed by atoms with Crippen molar-refractivity contribution >= 4 is 28.2 Å². The summed E-state index contributed by atoms with van der Waals surface area (Å²) in [5.41, 5.74) is 0.243. The molecule has 1 atom stereocenters. The topological polar surface area (TPSA) is 78.8 Å². The van der Waals surface area contributed by atoms with Crippen molar-refractivity contribution < 1.29 is 22.7 Å². The number of urea groups is 1. The van der Waals surface area contributed by atoms with Crippen LogP contribution >= 0.6 is 0 Å². The van der Waals surface area contributed by atoms with Crippen molar-refractivity contribution in [3.8, 4) is 0 Å². The molecule has 0 aliphatic carbocycles. The number of nitrogens with one attached hydrogen (secondary N) is 2. The summed E-state index contributed by atoms with van der Waals surface area (Å²) >= 11 is 0. The minimum absolute atomic E-state index is 0.0198. The molecule has 0 saturated heterocycles. The zero-order valence-corrected chi connectivity index (χ0v) is 18.4. The number of benzene rings is 2. The van der Waals surface area contributed by atoms with Crippen LogP contribution in [0.3, 0.4) is 0 Å². The number of hydrogen-bond acceptors (Lipinski definition) is 3. The van der Waals surface area contributed by atoms with Crippen LogP contribution in [0.1, 0.15) is 31.1 Å². The van der Waals surface area contributed by atoms with Crippen molar-refractivity contribution in [3.05, 3.63) is 80.8 Å². The number of halogens is 3. The average Bonchev–Trinajstić information content (AvgIpc) is 2.79. The monoisotopic (exact) mass is 470 g/mol. The van der Waals surface area contributed by atoms with Crippen LogP contribution in [-0.2, 0) is 11.3 Å². The Hall–Kier alpha value is -3.84. The van der Waals surface area contributed by atoms with Gasteiger partial charge >= 0.3 is 6.03 Å². The number of carbonyl (C=O) groups excluding carboxylic acids is 1. The van der Waals surface area contributed by atoms with Gasteiger partial charge in [0.2, 0.25) is 5.69 Å². The highest BCUT2D eigenvalue weighted by molar-refractivity contribution is 5.92. The number of aromatic nitrogens is 1. The molecule has 1 aliphatic rings. The summed E-state index contributed by atoms with van der Waals surface area (Å²) < 4.78 is 47.4. The molecule has 2 heterocycles. The van der Waals surface area contributed by atoms with Gasteiger partial charge in [-0.3, -0.25) is 4.79 Å². The van der Waals surface area contributed by atoms with Crippen LogP contribution in [0.15, 0.2) is 35.1 Å². The molecule has 2 N–H and O–H groups in total. The molecule has 0 fully saturated rings. The molecular formula is C24H21F3N4O3. The van der Waals surface area contributed by atoms with Crippen LogP contribution < -0.4 is 10.9 Å². The number of amides is 2. The molecule has 0 spiro atoms. The molecule has 10 heteroatoms. The lowest BCUT2D eigenvalue weighted by atomic mass is 9.94. The number of pyridine rings is 1. The first-order valence-electron chi connectivity index (χ1n) is 10.6. The molecule has 2 aromatic carbocycles. The van der Waals surface area contributed by atoms with E-state index in [9.17, 15) is 22.8 Å². The first-order valence-corrected chi connectivity index (χ1v) is 10.6. The molecule has 0 saturated carbocycles. The Labute approximate surface area is 193 Å². The summed E-state index contributed by atoms with van der Waals surface area (Å²) in [6, 6.07) is 4.18. The molecule has 3 aromatic rings. The molecule has 1 aliphatic heterocycles. The Balaban J connectivity index is 1.80. The van der Waals surface area contributed by atoms with E-state index in [1.165, 1.54) is 17.0 Å². The highest BCUT2D eigenvalue weighted by Crippen LogP contribution is 2.35. The highest BCUT2D eigenvalue weighted by Gasteiger charge is 2.33. The fourth-order valence-electron chi connectivity index (χ4n) is 4.10. The fourth-order valence-corrected chi connectivity index (χ4v) is 4.10. The van der Waals surface area contributed by atoms with Gasteiger partial charge in [0.1, 0.15) is 5.82 Å². The largest absolute Gasteiger partial charge is 0.373 e. The van der Waals surface area contributed by atoms with Crippen molar-refractivity contribution in [2.45, 2.75) is 26.5 Å². The summed E-state index contributed by atoms with van der Waals surface area (Å²) in [6.07, 6.45) is 0. The second kappa shape index (κ2) is 9.19. The number of aromatic amines is 1. The van der Waals surface area contributed by atoms with Crippen LogP contribution in [0, 0.1) is 29.9 Å². The molecule has 1 aromatic heterocycles. The summed E-state index contributed by atoms with van der Waals surface area (Å²) in [5, 5.41) is 2.84. The second-order valence-electron chi connectivity index (χ2n) is 8.44. The summed E-state index contributed by atoms with van der Waals surface area (Å²) in [5.74, 6) is -2.94. The predicted molar refractivity (Wildman–Crippen MR) is 120 cm³/mol. The van der Waals surface area contributed by atoms with E-state index in [0.717, 1.165) is 18.2 Å². The lowest BCUT2D eigenvalue weighted by Crippen LogP contribution is -2.44. The number of fused-ring (bicyclic) bond motifs is 3. The van der Waals surface area contributed by atoms with Gasteiger partial charge in [-0.25, -0.2) is 22.8 Å². The van der Waals surface area contributed by atoms with Gasteiger partial charge in [-0.2, -0.15) is 0 Å². The third kappa shape index (κ3) is 4.34. The molecule has 7 nitrogen and oxygen atoms in total. The van der Waals surface area contributed by atoms with Crippen molar-refractivity contribution in [1.29, 1.82) is 0 Å². The van der Waals surface area contributed by atoms with Crippen LogP contribution in [0.2, 0.25) is 0 Å². The Kier molecular flexibility index (Phi) is 6.30. The first-order chi connectivity index (χ1) is 16.2. The van der Waals surface area contributed by atoms with Crippen molar-refractivity contribution in [2.75, 3.05) is 18.5 Å². The van der Waals surface area contributed by atoms with Gasteiger partial charge in [0, 0.05) is 23.5 Å². The maximum atomic E-state index is 14.2. The number of hydrogen-bond donors (Lipinski definition) is 2. The summed E-state index contributed by atoms with van der Waals surface area (Å²) in [7, 11) is 0. The van der Waals surface area contributed by atoms with E-state index in [-0.39, 0.29) is 47.8 Å². The highest BCUT2D eigenvalue weighted by atomic mass is 19.2. The van der Waals surface area contributed by atoms with E-state index < -0.39 is 35.1 Å².